The number of anilines is 1. The van der Waals surface area contributed by atoms with Gasteiger partial charge in [-0.3, -0.25) is 5.10 Å². The van der Waals surface area contributed by atoms with Crippen LogP contribution in [0.5, 0.6) is 0 Å². The smallest absolute Gasteiger partial charge is 0.201 e. The molecule has 3 N–H and O–H groups in total. The third-order valence-electron chi connectivity index (χ3n) is 0.455. The average Bonchev–Trinajstić information content (AvgIpc) is 1.87. The first-order chi connectivity index (χ1) is 3.29. The van der Waals surface area contributed by atoms with Gasteiger partial charge in [0.2, 0.25) is 5.13 Å². The second kappa shape index (κ2) is 5.50. The monoisotopic (exact) mass is 252 g/mol. The predicted octanol–water partition coefficient (Wildman–Crippen LogP) is 0.778. The van der Waals surface area contributed by atoms with Gasteiger partial charge in [0.1, 0.15) is 0 Å². The fourth-order valence-electron chi connectivity index (χ4n) is 0.241. The first-order valence-corrected chi connectivity index (χ1v) is 2.82. The van der Waals surface area contributed by atoms with E-state index < -0.39 is 0 Å². The Bertz CT molecular complexity index is 208. The van der Waals surface area contributed by atoms with Crippen LogP contribution in [0, 0.1) is 3.95 Å². The minimum absolute atomic E-state index is 0. The number of hydrogen-bond acceptors (Lipinski definition) is 4. The summed E-state index contributed by atoms with van der Waals surface area (Å²) in [4.78, 5) is 0. The molecular formula is C2H3MnN3S2Zn. The van der Waals surface area contributed by atoms with Gasteiger partial charge in [-0.05, 0) is 12.2 Å². The van der Waals surface area contributed by atoms with E-state index in [4.69, 9.17) is 5.73 Å². The summed E-state index contributed by atoms with van der Waals surface area (Å²) in [5, 5.41) is 6.60. The zero-order valence-corrected chi connectivity index (χ0v) is 10.2. The van der Waals surface area contributed by atoms with Crippen molar-refractivity contribution in [2.24, 2.45) is 0 Å². The van der Waals surface area contributed by atoms with E-state index in [1.54, 1.807) is 0 Å². The fourth-order valence-corrected chi connectivity index (χ4v) is 0.916. The van der Waals surface area contributed by atoms with Crippen molar-refractivity contribution in [2.45, 2.75) is 0 Å². The number of nitrogens with one attached hydrogen (secondary N) is 1. The molecular weight excluding hydrogens is 251 g/mol. The van der Waals surface area contributed by atoms with Crippen molar-refractivity contribution >= 4 is 28.7 Å². The molecule has 0 spiro atoms. The number of rotatable bonds is 0. The van der Waals surface area contributed by atoms with Gasteiger partial charge >= 0.3 is 0 Å². The number of hydrogen-bond donors (Lipinski definition) is 2. The number of nitrogens with two attached hydrogens (primary N) is 1. The Morgan fingerprint density at radius 2 is 2.22 bits per heavy atom. The van der Waals surface area contributed by atoms with Gasteiger partial charge in [-0.15, -0.1) is 5.10 Å². The normalized spacial score (nSPS) is 7.11. The maximum atomic E-state index is 5.19. The predicted molar refractivity (Wildman–Crippen MR) is 31.7 cm³/mol. The molecule has 1 aromatic rings. The van der Waals surface area contributed by atoms with E-state index in [-0.39, 0.29) is 36.5 Å². The van der Waals surface area contributed by atoms with Crippen molar-refractivity contribution in [3.05, 3.63) is 3.95 Å². The van der Waals surface area contributed by atoms with Crippen LogP contribution in [0.15, 0.2) is 0 Å². The van der Waals surface area contributed by atoms with Crippen molar-refractivity contribution in [2.75, 3.05) is 5.73 Å². The van der Waals surface area contributed by atoms with E-state index in [1.807, 2.05) is 0 Å². The standard InChI is InChI=1S/C2H3N3S2.Mn.Zn/c3-1-4-5-2(6)7-1;;/h(H2,3,4)(H,5,6);;. The van der Waals surface area contributed by atoms with E-state index in [9.17, 15) is 0 Å². The van der Waals surface area contributed by atoms with Crippen LogP contribution in [0.25, 0.3) is 0 Å². The molecule has 0 aliphatic carbocycles. The third kappa shape index (κ3) is 4.17. The molecule has 9 heavy (non-hydrogen) atoms. The number of nitrogens with zero attached hydrogens (tertiary/aromatic N) is 1. The maximum Gasteiger partial charge on any atom is 0.201 e. The van der Waals surface area contributed by atoms with E-state index in [0.29, 0.717) is 9.09 Å². The van der Waals surface area contributed by atoms with Gasteiger partial charge in [-0.1, -0.05) is 11.3 Å². The van der Waals surface area contributed by atoms with E-state index in [0.717, 1.165) is 0 Å². The van der Waals surface area contributed by atoms with Crippen LogP contribution in [0.1, 0.15) is 0 Å². The zero-order chi connectivity index (χ0) is 5.28. The van der Waals surface area contributed by atoms with Crippen LogP contribution in [0.4, 0.5) is 5.13 Å². The molecule has 0 saturated carbocycles. The first kappa shape index (κ1) is 12.4. The molecule has 3 nitrogen and oxygen atoms in total. The van der Waals surface area contributed by atoms with Gasteiger partial charge in [-0.25, -0.2) is 0 Å². The van der Waals surface area contributed by atoms with E-state index >= 15 is 0 Å². The van der Waals surface area contributed by atoms with Gasteiger partial charge in [0.05, 0.1) is 0 Å². The molecule has 0 saturated heterocycles. The van der Waals surface area contributed by atoms with Crippen molar-refractivity contribution in [1.82, 2.24) is 10.2 Å². The molecule has 0 unspecified atom stereocenters. The SMILES string of the molecule is Nc1n[nH]c(=S)s1.[Mn].[Zn]. The third-order valence-corrected chi connectivity index (χ3v) is 1.37. The van der Waals surface area contributed by atoms with Crippen molar-refractivity contribution in [1.29, 1.82) is 0 Å². The molecule has 0 atom stereocenters. The molecule has 0 bridgehead atoms. The minimum atomic E-state index is 0. The summed E-state index contributed by atoms with van der Waals surface area (Å²) >= 11 is 5.92. The first-order valence-electron chi connectivity index (χ1n) is 1.60. The average molecular weight is 254 g/mol. The minimum Gasteiger partial charge on any atom is -0.374 e. The second-order valence-electron chi connectivity index (χ2n) is 0.951. The van der Waals surface area contributed by atoms with E-state index in [2.05, 4.69) is 22.4 Å². The molecule has 1 heterocycles. The molecule has 0 aromatic carbocycles. The Balaban J connectivity index is 0. The summed E-state index contributed by atoms with van der Waals surface area (Å²) in [5.41, 5.74) is 5.19. The van der Waals surface area contributed by atoms with Crippen LogP contribution in [0.3, 0.4) is 0 Å². The van der Waals surface area contributed by atoms with E-state index in [1.165, 1.54) is 11.3 Å². The number of H-pyrrole nitrogens is 1. The summed E-state index contributed by atoms with van der Waals surface area (Å²) in [5.74, 6) is 0. The Labute approximate surface area is 84.7 Å². The molecule has 0 aliphatic rings. The second-order valence-corrected chi connectivity index (χ2v) is 2.65. The summed E-state index contributed by atoms with van der Waals surface area (Å²) in [6, 6.07) is 0. The van der Waals surface area contributed by atoms with Crippen LogP contribution in [-0.2, 0) is 36.5 Å². The molecule has 7 heteroatoms. The Kier molecular flexibility index (Phi) is 7.58. The quantitative estimate of drug-likeness (QED) is 0.531. The summed E-state index contributed by atoms with van der Waals surface area (Å²) < 4.78 is 0.623. The molecule has 1 rings (SSSR count). The maximum absolute atomic E-state index is 5.19. The number of nitrogen functional groups attached to an aromatic ring is 1. The largest absolute Gasteiger partial charge is 0.374 e. The van der Waals surface area contributed by atoms with Gasteiger partial charge in [0, 0.05) is 36.5 Å². The van der Waals surface area contributed by atoms with Gasteiger partial charge in [0.25, 0.3) is 0 Å². The Morgan fingerprint density at radius 3 is 2.33 bits per heavy atom. The Morgan fingerprint density at radius 1 is 1.67 bits per heavy atom. The molecule has 47 valence electrons. The summed E-state index contributed by atoms with van der Waals surface area (Å²) in [6.07, 6.45) is 0. The van der Waals surface area contributed by atoms with Crippen molar-refractivity contribution < 1.29 is 36.5 Å². The van der Waals surface area contributed by atoms with Crippen LogP contribution in [0.2, 0.25) is 0 Å². The molecule has 0 fully saturated rings. The number of aromatic nitrogens is 2. The molecule has 0 amide bonds. The topological polar surface area (TPSA) is 54.7 Å². The van der Waals surface area contributed by atoms with Crippen LogP contribution in [-0.4, -0.2) is 10.2 Å². The fraction of sp³-hybridized carbons (Fsp3) is 0. The Hall–Kier alpha value is 0.723. The van der Waals surface area contributed by atoms with Crippen molar-refractivity contribution in [3.63, 3.8) is 0 Å². The molecule has 0 aliphatic heterocycles. The van der Waals surface area contributed by atoms with Crippen LogP contribution < -0.4 is 5.73 Å². The van der Waals surface area contributed by atoms with Gasteiger partial charge < -0.3 is 5.73 Å². The number of aromatic amines is 1. The molecule has 1 radical (unpaired) electrons. The van der Waals surface area contributed by atoms with Gasteiger partial charge in [0.15, 0.2) is 3.95 Å². The molecule has 1 aromatic heterocycles. The van der Waals surface area contributed by atoms with Crippen molar-refractivity contribution in [3.8, 4) is 0 Å². The van der Waals surface area contributed by atoms with Gasteiger partial charge in [-0.2, -0.15) is 0 Å². The summed E-state index contributed by atoms with van der Waals surface area (Å²) in [6.45, 7) is 0. The summed E-state index contributed by atoms with van der Waals surface area (Å²) in [7, 11) is 0. The zero-order valence-electron chi connectivity index (χ0n) is 4.43. The van der Waals surface area contributed by atoms with Crippen LogP contribution >= 0.6 is 23.6 Å².